The lowest BCUT2D eigenvalue weighted by Crippen LogP contribution is -2.36. The maximum Gasteiger partial charge on any atom is 0.263 e. The molecular weight excluding hydrogens is 436 g/mol. The molecule has 170 valence electrons. The summed E-state index contributed by atoms with van der Waals surface area (Å²) in [5, 5.41) is 2.90. The molecule has 0 radical (unpaired) electrons. The van der Waals surface area contributed by atoms with E-state index in [1.165, 1.54) is 31.5 Å². The monoisotopic (exact) mass is 462 g/mol. The van der Waals surface area contributed by atoms with Gasteiger partial charge in [0.05, 0.1) is 20.0 Å². The van der Waals surface area contributed by atoms with Crippen LogP contribution in [0.4, 0.5) is 11.4 Å². The topological polar surface area (TPSA) is 67.9 Å². The highest BCUT2D eigenvalue weighted by atomic mass is 32.2. The molecule has 3 aromatic rings. The van der Waals surface area contributed by atoms with Crippen LogP contribution in [0.2, 0.25) is 0 Å². The number of ether oxygens (including phenoxy) is 2. The van der Waals surface area contributed by atoms with Gasteiger partial charge >= 0.3 is 0 Å². The van der Waals surface area contributed by atoms with Crippen LogP contribution in [-0.4, -0.2) is 38.3 Å². The summed E-state index contributed by atoms with van der Waals surface area (Å²) in [5.41, 5.74) is 3.20. The number of carbonyl (C=O) groups excluding carboxylic acids is 2. The minimum atomic E-state index is -0.326. The quantitative estimate of drug-likeness (QED) is 0.499. The van der Waals surface area contributed by atoms with Crippen molar-refractivity contribution in [1.29, 1.82) is 0 Å². The number of nitrogens with zero attached hydrogens (tertiary/aromatic N) is 1. The molecule has 1 N–H and O–H groups in total. The predicted molar refractivity (Wildman–Crippen MR) is 132 cm³/mol. The van der Waals surface area contributed by atoms with E-state index in [4.69, 9.17) is 9.47 Å². The van der Waals surface area contributed by atoms with Crippen LogP contribution < -0.4 is 19.7 Å². The standard InChI is InChI=1S/C26H26N2O4S/c1-31-22-13-6-14-23(32-2)25(22)26(30)27-19-10-5-11-20(16-19)33-17-24(29)28-15-7-9-18-8-3-4-12-21(18)28/h3-6,8,10-14,16H,7,9,15,17H2,1-2H3,(H,27,30). The summed E-state index contributed by atoms with van der Waals surface area (Å²) in [6.45, 7) is 0.743. The Balaban J connectivity index is 1.43. The molecule has 0 saturated heterocycles. The van der Waals surface area contributed by atoms with Crippen LogP contribution >= 0.6 is 11.8 Å². The van der Waals surface area contributed by atoms with Crippen molar-refractivity contribution in [3.05, 3.63) is 77.9 Å². The molecule has 0 unspecified atom stereocenters. The highest BCUT2D eigenvalue weighted by molar-refractivity contribution is 8.00. The first-order chi connectivity index (χ1) is 16.1. The maximum atomic E-state index is 12.9. The Bertz CT molecular complexity index is 1140. The second kappa shape index (κ2) is 10.4. The number of anilines is 2. The molecule has 0 atom stereocenters. The molecule has 0 bridgehead atoms. The lowest BCUT2D eigenvalue weighted by atomic mass is 10.0. The zero-order valence-corrected chi connectivity index (χ0v) is 19.5. The number of carbonyl (C=O) groups is 2. The summed E-state index contributed by atoms with van der Waals surface area (Å²) in [6.07, 6.45) is 1.98. The largest absolute Gasteiger partial charge is 0.496 e. The van der Waals surface area contributed by atoms with Crippen LogP contribution in [0.15, 0.2) is 71.6 Å². The normalized spacial score (nSPS) is 12.6. The molecule has 4 rings (SSSR count). The van der Waals surface area contributed by atoms with Crippen LogP contribution in [0.1, 0.15) is 22.3 Å². The van der Waals surface area contributed by atoms with Crippen molar-refractivity contribution in [1.82, 2.24) is 0 Å². The van der Waals surface area contributed by atoms with Gasteiger partial charge in [0.15, 0.2) is 0 Å². The number of rotatable bonds is 7. The maximum absolute atomic E-state index is 12.9. The van der Waals surface area contributed by atoms with Crippen LogP contribution in [0, 0.1) is 0 Å². The van der Waals surface area contributed by atoms with E-state index in [-0.39, 0.29) is 11.8 Å². The van der Waals surface area contributed by atoms with Crippen LogP contribution in [0.5, 0.6) is 11.5 Å². The fourth-order valence-corrected chi connectivity index (χ4v) is 4.78. The van der Waals surface area contributed by atoms with Crippen molar-refractivity contribution >= 4 is 35.0 Å². The third-order valence-electron chi connectivity index (χ3n) is 5.52. The lowest BCUT2D eigenvalue weighted by Gasteiger charge is -2.29. The molecule has 0 aliphatic carbocycles. The fraction of sp³-hybridized carbons (Fsp3) is 0.231. The average molecular weight is 463 g/mol. The zero-order chi connectivity index (χ0) is 23.2. The number of para-hydroxylation sites is 1. The molecule has 0 spiro atoms. The first-order valence-corrected chi connectivity index (χ1v) is 11.7. The molecule has 0 aromatic heterocycles. The lowest BCUT2D eigenvalue weighted by molar-refractivity contribution is -0.116. The molecule has 1 heterocycles. The number of hydrogen-bond donors (Lipinski definition) is 1. The molecule has 3 aromatic carbocycles. The highest BCUT2D eigenvalue weighted by Gasteiger charge is 2.22. The van der Waals surface area contributed by atoms with E-state index >= 15 is 0 Å². The summed E-state index contributed by atoms with van der Waals surface area (Å²) in [5.74, 6) is 0.953. The summed E-state index contributed by atoms with van der Waals surface area (Å²) in [7, 11) is 3.03. The van der Waals surface area contributed by atoms with Gasteiger partial charge in [0.2, 0.25) is 5.91 Å². The Kier molecular flexibility index (Phi) is 7.19. The van der Waals surface area contributed by atoms with E-state index in [9.17, 15) is 9.59 Å². The van der Waals surface area contributed by atoms with Gasteiger partial charge in [-0.25, -0.2) is 0 Å². The van der Waals surface area contributed by atoms with Gasteiger partial charge in [-0.2, -0.15) is 0 Å². The van der Waals surface area contributed by atoms with E-state index in [1.807, 2.05) is 47.4 Å². The number of aryl methyl sites for hydroxylation is 1. The first kappa shape index (κ1) is 22.7. The van der Waals surface area contributed by atoms with E-state index in [0.717, 1.165) is 30.0 Å². The molecule has 2 amide bonds. The van der Waals surface area contributed by atoms with Crippen molar-refractivity contribution in [2.75, 3.05) is 36.7 Å². The first-order valence-electron chi connectivity index (χ1n) is 10.7. The number of thioether (sulfide) groups is 1. The number of hydrogen-bond acceptors (Lipinski definition) is 5. The second-order valence-corrected chi connectivity index (χ2v) is 8.63. The van der Waals surface area contributed by atoms with Gasteiger partial charge in [0.1, 0.15) is 17.1 Å². The third-order valence-corrected chi connectivity index (χ3v) is 6.50. The molecule has 6 nitrogen and oxygen atoms in total. The van der Waals surface area contributed by atoms with Crippen molar-refractivity contribution in [2.24, 2.45) is 0 Å². The summed E-state index contributed by atoms with van der Waals surface area (Å²) >= 11 is 1.46. The molecule has 33 heavy (non-hydrogen) atoms. The SMILES string of the molecule is COc1cccc(OC)c1C(=O)Nc1cccc(SCC(=O)N2CCCc3ccccc32)c1. The summed E-state index contributed by atoms with van der Waals surface area (Å²) < 4.78 is 10.7. The van der Waals surface area contributed by atoms with E-state index < -0.39 is 0 Å². The van der Waals surface area contributed by atoms with Gasteiger partial charge in [-0.1, -0.05) is 30.3 Å². The molecule has 1 aliphatic rings. The molecule has 0 saturated carbocycles. The van der Waals surface area contributed by atoms with E-state index in [0.29, 0.717) is 28.5 Å². The Morgan fingerprint density at radius 1 is 0.970 bits per heavy atom. The van der Waals surface area contributed by atoms with Gasteiger partial charge < -0.3 is 19.7 Å². The molecular formula is C26H26N2O4S. The van der Waals surface area contributed by atoms with Gasteiger partial charge in [0.25, 0.3) is 5.91 Å². The van der Waals surface area contributed by atoms with Crippen LogP contribution in [-0.2, 0) is 11.2 Å². The van der Waals surface area contributed by atoms with Crippen LogP contribution in [0.25, 0.3) is 0 Å². The minimum Gasteiger partial charge on any atom is -0.496 e. The average Bonchev–Trinajstić information content (AvgIpc) is 2.86. The Morgan fingerprint density at radius 2 is 1.70 bits per heavy atom. The Labute approximate surface area is 197 Å². The van der Waals surface area contributed by atoms with Crippen molar-refractivity contribution in [3.63, 3.8) is 0 Å². The van der Waals surface area contributed by atoms with Gasteiger partial charge in [-0.3, -0.25) is 9.59 Å². The second-order valence-electron chi connectivity index (χ2n) is 7.59. The summed E-state index contributed by atoms with van der Waals surface area (Å²) in [4.78, 5) is 28.6. The summed E-state index contributed by atoms with van der Waals surface area (Å²) in [6, 6.07) is 20.8. The predicted octanol–water partition coefficient (Wildman–Crippen LogP) is 5.03. The number of methoxy groups -OCH3 is 2. The number of nitrogens with one attached hydrogen (secondary N) is 1. The van der Waals surface area contributed by atoms with E-state index in [1.54, 1.807) is 18.2 Å². The molecule has 0 fully saturated rings. The van der Waals surface area contributed by atoms with Gasteiger partial charge in [-0.05, 0) is 54.8 Å². The van der Waals surface area contributed by atoms with Crippen molar-refractivity contribution < 1.29 is 19.1 Å². The van der Waals surface area contributed by atoms with Crippen LogP contribution in [0.3, 0.4) is 0 Å². The third kappa shape index (κ3) is 5.14. The van der Waals surface area contributed by atoms with E-state index in [2.05, 4.69) is 11.4 Å². The van der Waals surface area contributed by atoms with Gasteiger partial charge in [-0.15, -0.1) is 11.8 Å². The number of amides is 2. The highest BCUT2D eigenvalue weighted by Crippen LogP contribution is 2.31. The number of fused-ring (bicyclic) bond motifs is 1. The Hall–Kier alpha value is -3.45. The zero-order valence-electron chi connectivity index (χ0n) is 18.7. The van der Waals surface area contributed by atoms with Crippen molar-refractivity contribution in [2.45, 2.75) is 17.7 Å². The smallest absolute Gasteiger partial charge is 0.263 e. The Morgan fingerprint density at radius 3 is 2.45 bits per heavy atom. The molecule has 7 heteroatoms. The molecule has 1 aliphatic heterocycles. The fourth-order valence-electron chi connectivity index (χ4n) is 3.95. The van der Waals surface area contributed by atoms with Crippen molar-refractivity contribution in [3.8, 4) is 11.5 Å². The minimum absolute atomic E-state index is 0.0837. The number of benzene rings is 3. The van der Waals surface area contributed by atoms with Gasteiger partial charge in [0, 0.05) is 22.8 Å².